The van der Waals surface area contributed by atoms with Crippen molar-refractivity contribution >= 4 is 38.0 Å². The molecule has 0 spiro atoms. The molecular formula is C15H14N4O5S2. The third-order valence-corrected chi connectivity index (χ3v) is 4.66. The molecular weight excluding hydrogens is 380 g/mol. The van der Waals surface area contributed by atoms with Gasteiger partial charge >= 0.3 is 5.97 Å². The Bertz CT molecular complexity index is 1150. The maximum absolute atomic E-state index is 12.3. The first-order valence-corrected chi connectivity index (χ1v) is 10.0. The summed E-state index contributed by atoms with van der Waals surface area (Å²) in [6.07, 6.45) is 0.989. The molecule has 11 heteroatoms. The molecule has 3 rings (SSSR count). The maximum atomic E-state index is 12.3. The molecule has 1 N–H and O–H groups in total. The Morgan fingerprint density at radius 2 is 2.08 bits per heavy atom. The first kappa shape index (κ1) is 18.0. The van der Waals surface area contributed by atoms with E-state index >= 15 is 0 Å². The molecule has 0 aliphatic rings. The Hall–Kier alpha value is -2.79. The number of aromatic nitrogens is 3. The van der Waals surface area contributed by atoms with E-state index in [-0.39, 0.29) is 23.4 Å². The highest BCUT2D eigenvalue weighted by atomic mass is 32.2. The van der Waals surface area contributed by atoms with E-state index in [0.29, 0.717) is 15.7 Å². The van der Waals surface area contributed by atoms with Crippen LogP contribution in [0, 0.1) is 6.92 Å². The number of aryl methyl sites for hydroxylation is 1. The molecule has 0 saturated carbocycles. The molecule has 0 atom stereocenters. The van der Waals surface area contributed by atoms with Crippen LogP contribution in [-0.4, -0.2) is 35.2 Å². The normalized spacial score (nSPS) is 11.5. The van der Waals surface area contributed by atoms with Gasteiger partial charge in [-0.3, -0.25) is 9.52 Å². The van der Waals surface area contributed by atoms with Gasteiger partial charge in [-0.15, -0.1) is 0 Å². The average Bonchev–Trinajstić information content (AvgIpc) is 2.95. The van der Waals surface area contributed by atoms with E-state index in [1.165, 1.54) is 18.2 Å². The van der Waals surface area contributed by atoms with Crippen LogP contribution in [0.4, 0.5) is 5.69 Å². The summed E-state index contributed by atoms with van der Waals surface area (Å²) < 4.78 is 31.4. The summed E-state index contributed by atoms with van der Waals surface area (Å²) in [4.78, 5) is 28.7. The average molecular weight is 394 g/mol. The number of benzene rings is 1. The van der Waals surface area contributed by atoms with Gasteiger partial charge in [-0.25, -0.2) is 18.2 Å². The van der Waals surface area contributed by atoms with Crippen molar-refractivity contribution in [3.63, 3.8) is 0 Å². The number of ether oxygens (including phenoxy) is 1. The van der Waals surface area contributed by atoms with Crippen LogP contribution in [0.2, 0.25) is 0 Å². The van der Waals surface area contributed by atoms with Crippen LogP contribution in [0.15, 0.2) is 35.1 Å². The van der Waals surface area contributed by atoms with Crippen molar-refractivity contribution in [2.24, 2.45) is 0 Å². The number of carbonyl (C=O) groups is 1. The number of nitrogens with one attached hydrogen (secondary N) is 1. The SMILES string of the molecule is Cc1cc(=O)n2nc(COC(=O)c3ccccc3NS(C)(=O)=O)sc2n1. The lowest BCUT2D eigenvalue weighted by molar-refractivity contribution is 0.0472. The molecule has 0 unspecified atom stereocenters. The lowest BCUT2D eigenvalue weighted by Gasteiger charge is -2.09. The maximum Gasteiger partial charge on any atom is 0.340 e. The second kappa shape index (κ2) is 6.84. The van der Waals surface area contributed by atoms with Gasteiger partial charge in [0.1, 0.15) is 6.61 Å². The van der Waals surface area contributed by atoms with E-state index in [0.717, 1.165) is 22.1 Å². The van der Waals surface area contributed by atoms with Gasteiger partial charge in [0.2, 0.25) is 15.0 Å². The first-order chi connectivity index (χ1) is 12.2. The van der Waals surface area contributed by atoms with Crippen LogP contribution in [0.5, 0.6) is 0 Å². The highest BCUT2D eigenvalue weighted by Crippen LogP contribution is 2.19. The number of hydrogen-bond acceptors (Lipinski definition) is 8. The molecule has 1 aromatic carbocycles. The quantitative estimate of drug-likeness (QED) is 0.645. The van der Waals surface area contributed by atoms with Crippen LogP contribution in [0.25, 0.3) is 4.96 Å². The lowest BCUT2D eigenvalue weighted by Crippen LogP contribution is -2.15. The zero-order valence-corrected chi connectivity index (χ0v) is 15.4. The van der Waals surface area contributed by atoms with Gasteiger partial charge in [0.25, 0.3) is 5.56 Å². The van der Waals surface area contributed by atoms with Gasteiger partial charge in [0, 0.05) is 11.8 Å². The minimum absolute atomic E-state index is 0.0742. The topological polar surface area (TPSA) is 120 Å². The third kappa shape index (κ3) is 4.06. The summed E-state index contributed by atoms with van der Waals surface area (Å²) in [6, 6.07) is 7.45. The molecule has 136 valence electrons. The molecule has 26 heavy (non-hydrogen) atoms. The van der Waals surface area contributed by atoms with E-state index in [9.17, 15) is 18.0 Å². The zero-order valence-electron chi connectivity index (χ0n) is 13.8. The van der Waals surface area contributed by atoms with Gasteiger partial charge in [-0.05, 0) is 19.1 Å². The number of nitrogens with zero attached hydrogens (tertiary/aromatic N) is 3. The Morgan fingerprint density at radius 1 is 1.35 bits per heavy atom. The number of sulfonamides is 1. The number of rotatable bonds is 5. The van der Waals surface area contributed by atoms with Crippen molar-refractivity contribution in [2.75, 3.05) is 11.0 Å². The van der Waals surface area contributed by atoms with Crippen molar-refractivity contribution < 1.29 is 17.9 Å². The molecule has 2 heterocycles. The first-order valence-electron chi connectivity index (χ1n) is 7.33. The summed E-state index contributed by atoms with van der Waals surface area (Å²) in [7, 11) is -3.54. The highest BCUT2D eigenvalue weighted by Gasteiger charge is 2.16. The van der Waals surface area contributed by atoms with Crippen molar-refractivity contribution in [3.05, 3.63) is 57.0 Å². The Balaban J connectivity index is 1.80. The second-order valence-electron chi connectivity index (χ2n) is 5.42. The second-order valence-corrected chi connectivity index (χ2v) is 8.21. The standard InChI is InChI=1S/C15H14N4O5S2/c1-9-7-13(20)19-15(16-9)25-12(17-19)8-24-14(21)10-5-3-4-6-11(10)18-26(2,22)23/h3-7,18H,8H2,1-2H3. The number of fused-ring (bicyclic) bond motifs is 1. The molecule has 0 radical (unpaired) electrons. The summed E-state index contributed by atoms with van der Waals surface area (Å²) >= 11 is 1.13. The highest BCUT2D eigenvalue weighted by molar-refractivity contribution is 7.92. The van der Waals surface area contributed by atoms with Gasteiger partial charge in [0.05, 0.1) is 17.5 Å². The molecule has 0 aliphatic carbocycles. The van der Waals surface area contributed by atoms with Crippen molar-refractivity contribution in [2.45, 2.75) is 13.5 Å². The van der Waals surface area contributed by atoms with E-state index in [1.54, 1.807) is 19.1 Å². The summed E-state index contributed by atoms with van der Waals surface area (Å²) in [5.74, 6) is -0.715. The number of carbonyl (C=O) groups excluding carboxylic acids is 1. The lowest BCUT2D eigenvalue weighted by atomic mass is 10.2. The van der Waals surface area contributed by atoms with Crippen molar-refractivity contribution in [3.8, 4) is 0 Å². The molecule has 0 amide bonds. The minimum Gasteiger partial charge on any atom is -0.455 e. The molecule has 0 bridgehead atoms. The van der Waals surface area contributed by atoms with E-state index in [4.69, 9.17) is 4.74 Å². The Morgan fingerprint density at radius 3 is 2.81 bits per heavy atom. The van der Waals surface area contributed by atoms with Crippen LogP contribution in [-0.2, 0) is 21.4 Å². The number of para-hydroxylation sites is 1. The fraction of sp³-hybridized carbons (Fsp3) is 0.200. The van der Waals surface area contributed by atoms with Crippen LogP contribution < -0.4 is 10.3 Å². The number of anilines is 1. The third-order valence-electron chi connectivity index (χ3n) is 3.18. The smallest absolute Gasteiger partial charge is 0.340 e. The fourth-order valence-corrected chi connectivity index (χ4v) is 3.61. The molecule has 3 aromatic rings. The number of esters is 1. The predicted molar refractivity (Wildman–Crippen MR) is 95.9 cm³/mol. The largest absolute Gasteiger partial charge is 0.455 e. The molecule has 9 nitrogen and oxygen atoms in total. The fourth-order valence-electron chi connectivity index (χ4n) is 2.17. The molecule has 0 saturated heterocycles. The van der Waals surface area contributed by atoms with Crippen LogP contribution in [0.1, 0.15) is 21.1 Å². The predicted octanol–water partition coefficient (Wildman–Crippen LogP) is 1.19. The summed E-state index contributed by atoms with van der Waals surface area (Å²) in [5.41, 5.74) is 0.454. The van der Waals surface area contributed by atoms with Crippen LogP contribution in [0.3, 0.4) is 0 Å². The Kier molecular flexibility index (Phi) is 4.74. The molecule has 2 aromatic heterocycles. The zero-order chi connectivity index (χ0) is 18.9. The van der Waals surface area contributed by atoms with Gasteiger partial charge in [-0.1, -0.05) is 23.5 Å². The minimum atomic E-state index is -3.54. The summed E-state index contributed by atoms with van der Waals surface area (Å²) in [6.45, 7) is 1.53. The van der Waals surface area contributed by atoms with Gasteiger partial charge in [0.15, 0.2) is 5.01 Å². The number of hydrogen-bond donors (Lipinski definition) is 1. The van der Waals surface area contributed by atoms with Gasteiger partial charge < -0.3 is 4.74 Å². The monoisotopic (exact) mass is 394 g/mol. The molecule has 0 fully saturated rings. The summed E-state index contributed by atoms with van der Waals surface area (Å²) in [5, 5.41) is 4.46. The molecule has 0 aliphatic heterocycles. The van der Waals surface area contributed by atoms with Gasteiger partial charge in [-0.2, -0.15) is 9.61 Å². The van der Waals surface area contributed by atoms with E-state index in [1.807, 2.05) is 0 Å². The Labute approximate surface area is 152 Å². The van der Waals surface area contributed by atoms with Crippen LogP contribution >= 0.6 is 11.3 Å². The van der Waals surface area contributed by atoms with Crippen molar-refractivity contribution in [1.29, 1.82) is 0 Å². The van der Waals surface area contributed by atoms with E-state index < -0.39 is 16.0 Å². The van der Waals surface area contributed by atoms with E-state index in [2.05, 4.69) is 14.8 Å². The van der Waals surface area contributed by atoms with Crippen molar-refractivity contribution in [1.82, 2.24) is 14.6 Å².